The zero-order chi connectivity index (χ0) is 14.1. The van der Waals surface area contributed by atoms with E-state index < -0.39 is 13.9 Å². The minimum absolute atomic E-state index is 0.000279. The van der Waals surface area contributed by atoms with E-state index in [0.29, 0.717) is 13.2 Å². The molecule has 2 bridgehead atoms. The van der Waals surface area contributed by atoms with Crippen molar-refractivity contribution in [1.82, 2.24) is 0 Å². The number of hydrogen-bond donors (Lipinski definition) is 0. The normalized spacial score (nSPS) is 42.2. The molecule has 6 heteroatoms. The summed E-state index contributed by atoms with van der Waals surface area (Å²) in [5.74, 6) is 0.176. The second-order valence-corrected chi connectivity index (χ2v) is 6.79. The van der Waals surface area contributed by atoms with E-state index in [9.17, 15) is 0 Å². The van der Waals surface area contributed by atoms with Gasteiger partial charge in [-0.2, -0.15) is 0 Å². The standard InChI is InChI=1S/C13H21BNO3P/c1-5-12-6-7-13(14,18-12)10(2)11(12)17-19(4)16-9-8-15-3/h10-11H,5-9H2,1-2,4H3. The first-order valence-electron chi connectivity index (χ1n) is 6.83. The van der Waals surface area contributed by atoms with Crippen molar-refractivity contribution in [2.45, 2.75) is 50.3 Å². The van der Waals surface area contributed by atoms with E-state index in [2.05, 4.69) is 18.7 Å². The van der Waals surface area contributed by atoms with Crippen LogP contribution in [-0.4, -0.2) is 44.9 Å². The van der Waals surface area contributed by atoms with Crippen molar-refractivity contribution >= 4 is 16.2 Å². The van der Waals surface area contributed by atoms with E-state index in [1.54, 1.807) is 0 Å². The Morgan fingerprint density at radius 3 is 2.89 bits per heavy atom. The Labute approximate surface area is 118 Å². The first-order chi connectivity index (χ1) is 8.97. The van der Waals surface area contributed by atoms with Crippen molar-refractivity contribution in [2.75, 3.05) is 19.8 Å². The highest BCUT2D eigenvalue weighted by Gasteiger charge is 2.63. The number of hydrogen-bond acceptors (Lipinski definition) is 3. The summed E-state index contributed by atoms with van der Waals surface area (Å²) in [6.45, 7) is 13.7. The summed E-state index contributed by atoms with van der Waals surface area (Å²) in [5, 5.41) is 0. The monoisotopic (exact) mass is 281 g/mol. The molecule has 5 atom stereocenters. The molecule has 2 fully saturated rings. The van der Waals surface area contributed by atoms with Crippen LogP contribution in [0.5, 0.6) is 0 Å². The summed E-state index contributed by atoms with van der Waals surface area (Å²) in [4.78, 5) is 3.27. The van der Waals surface area contributed by atoms with Crippen molar-refractivity contribution in [3.63, 3.8) is 0 Å². The fraction of sp³-hybridized carbons (Fsp3) is 0.923. The molecule has 0 saturated carbocycles. The van der Waals surface area contributed by atoms with Crippen LogP contribution in [0.25, 0.3) is 4.85 Å². The van der Waals surface area contributed by atoms with E-state index in [1.165, 1.54) is 0 Å². The van der Waals surface area contributed by atoms with Crippen molar-refractivity contribution in [1.29, 1.82) is 0 Å². The Morgan fingerprint density at radius 2 is 2.26 bits per heavy atom. The Hall–Kier alpha value is -0.135. The molecule has 0 aromatic rings. The van der Waals surface area contributed by atoms with Crippen molar-refractivity contribution in [2.24, 2.45) is 5.92 Å². The topological polar surface area (TPSA) is 32.1 Å². The van der Waals surface area contributed by atoms with Crippen LogP contribution in [0.1, 0.15) is 33.1 Å². The lowest BCUT2D eigenvalue weighted by Gasteiger charge is -2.37. The number of ether oxygens (including phenoxy) is 1. The molecule has 5 unspecified atom stereocenters. The SMILES string of the molecule is [B]C12CCC(CC)(O1)C(OP(C)OCC[N+]#[C-])C2C. The molecule has 0 aromatic carbocycles. The fourth-order valence-corrected chi connectivity index (χ4v) is 4.26. The highest BCUT2D eigenvalue weighted by atomic mass is 31.2. The molecule has 2 heterocycles. The molecule has 2 aliphatic rings. The molecule has 0 N–H and O–H groups in total. The minimum Gasteiger partial charge on any atom is -0.375 e. The predicted molar refractivity (Wildman–Crippen MR) is 76.1 cm³/mol. The van der Waals surface area contributed by atoms with Gasteiger partial charge in [0.25, 0.3) is 0 Å². The van der Waals surface area contributed by atoms with Gasteiger partial charge in [0.05, 0.1) is 11.7 Å². The maximum Gasteiger partial charge on any atom is 0.238 e. The fourth-order valence-electron chi connectivity index (χ4n) is 3.16. The summed E-state index contributed by atoms with van der Waals surface area (Å²) in [5.41, 5.74) is -0.777. The molecule has 19 heavy (non-hydrogen) atoms. The lowest BCUT2D eigenvalue weighted by Crippen LogP contribution is -2.44. The lowest BCUT2D eigenvalue weighted by molar-refractivity contribution is -0.0478. The van der Waals surface area contributed by atoms with Gasteiger partial charge in [0.2, 0.25) is 6.54 Å². The van der Waals surface area contributed by atoms with Crippen molar-refractivity contribution in [3.8, 4) is 0 Å². The average Bonchev–Trinajstić information content (AvgIpc) is 2.83. The molecule has 104 valence electrons. The first kappa shape index (κ1) is 15.3. The highest BCUT2D eigenvalue weighted by molar-refractivity contribution is 7.46. The lowest BCUT2D eigenvalue weighted by atomic mass is 9.63. The van der Waals surface area contributed by atoms with Crippen LogP contribution in [0.4, 0.5) is 0 Å². The van der Waals surface area contributed by atoms with Crippen LogP contribution in [-0.2, 0) is 13.8 Å². The number of fused-ring (bicyclic) bond motifs is 2. The van der Waals surface area contributed by atoms with Gasteiger partial charge in [0, 0.05) is 18.1 Å². The minimum atomic E-state index is -0.980. The van der Waals surface area contributed by atoms with Crippen molar-refractivity contribution < 1.29 is 13.8 Å². The molecule has 2 aliphatic heterocycles. The number of rotatable bonds is 6. The van der Waals surface area contributed by atoms with Gasteiger partial charge in [0.1, 0.15) is 14.5 Å². The van der Waals surface area contributed by atoms with E-state index in [4.69, 9.17) is 28.2 Å². The quantitative estimate of drug-likeness (QED) is 0.325. The van der Waals surface area contributed by atoms with Gasteiger partial charge in [0.15, 0.2) is 8.38 Å². The van der Waals surface area contributed by atoms with Gasteiger partial charge in [-0.1, -0.05) is 13.8 Å². The largest absolute Gasteiger partial charge is 0.375 e. The molecule has 0 aromatic heterocycles. The smallest absolute Gasteiger partial charge is 0.238 e. The van der Waals surface area contributed by atoms with Crippen LogP contribution in [0.15, 0.2) is 0 Å². The Balaban J connectivity index is 1.98. The van der Waals surface area contributed by atoms with Gasteiger partial charge in [-0.05, 0) is 19.3 Å². The van der Waals surface area contributed by atoms with Crippen LogP contribution in [0.2, 0.25) is 0 Å². The van der Waals surface area contributed by atoms with Crippen molar-refractivity contribution in [3.05, 3.63) is 11.4 Å². The highest BCUT2D eigenvalue weighted by Crippen LogP contribution is 2.58. The summed E-state index contributed by atoms with van der Waals surface area (Å²) in [7, 11) is 5.34. The molecule has 2 rings (SSSR count). The zero-order valence-corrected chi connectivity index (χ0v) is 12.8. The average molecular weight is 281 g/mol. The Morgan fingerprint density at radius 1 is 1.53 bits per heavy atom. The molecule has 2 saturated heterocycles. The first-order valence-corrected chi connectivity index (χ1v) is 8.45. The third kappa shape index (κ3) is 2.69. The zero-order valence-electron chi connectivity index (χ0n) is 11.9. The van der Waals surface area contributed by atoms with E-state index in [1.807, 2.05) is 6.66 Å². The van der Waals surface area contributed by atoms with E-state index in [0.717, 1.165) is 19.3 Å². The van der Waals surface area contributed by atoms with E-state index >= 15 is 0 Å². The maximum atomic E-state index is 6.73. The third-order valence-electron chi connectivity index (χ3n) is 4.41. The maximum absolute atomic E-state index is 6.73. The van der Waals surface area contributed by atoms with Crippen LogP contribution in [0, 0.1) is 12.5 Å². The summed E-state index contributed by atoms with van der Waals surface area (Å²) in [6, 6.07) is 0. The van der Waals surface area contributed by atoms with Gasteiger partial charge in [-0.15, -0.1) is 0 Å². The van der Waals surface area contributed by atoms with Crippen LogP contribution < -0.4 is 0 Å². The number of nitrogens with zero attached hydrogens (tertiary/aromatic N) is 1. The predicted octanol–water partition coefficient (Wildman–Crippen LogP) is 2.72. The van der Waals surface area contributed by atoms with Crippen LogP contribution >= 0.6 is 8.38 Å². The molecule has 0 spiro atoms. The van der Waals surface area contributed by atoms with Crippen LogP contribution in [0.3, 0.4) is 0 Å². The van der Waals surface area contributed by atoms with Gasteiger partial charge < -0.3 is 18.6 Å². The molecular formula is C13H21BNO3P. The van der Waals surface area contributed by atoms with E-state index in [-0.39, 0.29) is 17.6 Å². The third-order valence-corrected chi connectivity index (χ3v) is 5.48. The summed E-state index contributed by atoms with van der Waals surface area (Å²) >= 11 is 0. The Kier molecular flexibility index (Phi) is 4.57. The molecule has 0 amide bonds. The van der Waals surface area contributed by atoms with Gasteiger partial charge >= 0.3 is 0 Å². The molecule has 0 aliphatic carbocycles. The molecule has 2 radical (unpaired) electrons. The Bertz CT molecular complexity index is 377. The molecule has 4 nitrogen and oxygen atoms in total. The second-order valence-electron chi connectivity index (χ2n) is 5.44. The second kappa shape index (κ2) is 5.70. The summed E-state index contributed by atoms with van der Waals surface area (Å²) < 4.78 is 17.8. The summed E-state index contributed by atoms with van der Waals surface area (Å²) in [6.07, 6.45) is 2.77. The molecular weight excluding hydrogens is 260 g/mol. The van der Waals surface area contributed by atoms with Gasteiger partial charge in [-0.25, -0.2) is 6.57 Å². The van der Waals surface area contributed by atoms with Gasteiger partial charge in [-0.3, -0.25) is 0 Å².